The fourth-order valence-corrected chi connectivity index (χ4v) is 3.35. The molecule has 9 heteroatoms. The zero-order valence-electron chi connectivity index (χ0n) is 19.1. The third-order valence-electron chi connectivity index (χ3n) is 5.34. The fraction of sp³-hybridized carbons (Fsp3) is 0.250. The molecule has 0 saturated heterocycles. The maximum atomic E-state index is 12.3. The van der Waals surface area contributed by atoms with Gasteiger partial charge in [-0.3, -0.25) is 4.98 Å². The molecule has 33 heavy (non-hydrogen) atoms. The first-order chi connectivity index (χ1) is 16.0. The minimum absolute atomic E-state index is 0.226. The molecule has 0 aliphatic rings. The Morgan fingerprint density at radius 3 is 2.67 bits per heavy atom. The molecule has 0 amide bonds. The molecule has 0 aliphatic carbocycles. The SMILES string of the molecule is CC/C(=N/N=C(/C)c1cnc2ccccc2c1)OCc1c(C)cccc1-n1nnn(C)c1=O. The predicted octanol–water partition coefficient (Wildman–Crippen LogP) is 3.57. The van der Waals surface area contributed by atoms with E-state index in [-0.39, 0.29) is 12.3 Å². The standard InChI is InChI=1S/C24H25N7O2/c1-5-23(27-26-17(3)19-13-18-10-6-7-11-21(18)25-14-19)33-15-20-16(2)9-8-12-22(20)31-24(32)30(4)28-29-31/h6-14H,5,15H2,1-4H3/b26-17-,27-23-. The summed E-state index contributed by atoms with van der Waals surface area (Å²) < 4.78 is 8.43. The maximum Gasteiger partial charge on any atom is 0.368 e. The maximum absolute atomic E-state index is 12.3. The zero-order chi connectivity index (χ0) is 23.4. The van der Waals surface area contributed by atoms with E-state index in [1.165, 1.54) is 9.36 Å². The molecule has 4 aromatic rings. The first kappa shape index (κ1) is 22.1. The molecular formula is C24H25N7O2. The highest BCUT2D eigenvalue weighted by molar-refractivity contribution is 6.01. The van der Waals surface area contributed by atoms with E-state index < -0.39 is 0 Å². The van der Waals surface area contributed by atoms with Crippen molar-refractivity contribution in [3.63, 3.8) is 0 Å². The molecule has 0 bridgehead atoms. The summed E-state index contributed by atoms with van der Waals surface area (Å²) >= 11 is 0. The molecule has 0 spiro atoms. The van der Waals surface area contributed by atoms with Gasteiger partial charge in [-0.2, -0.15) is 14.5 Å². The van der Waals surface area contributed by atoms with E-state index in [1.807, 2.05) is 69.3 Å². The summed E-state index contributed by atoms with van der Waals surface area (Å²) in [6, 6.07) is 15.6. The summed E-state index contributed by atoms with van der Waals surface area (Å²) in [5.41, 5.74) is 4.69. The minimum atomic E-state index is -0.324. The quantitative estimate of drug-likeness (QED) is 0.258. The fourth-order valence-electron chi connectivity index (χ4n) is 3.35. The van der Waals surface area contributed by atoms with Crippen molar-refractivity contribution in [1.82, 2.24) is 24.8 Å². The monoisotopic (exact) mass is 443 g/mol. The Morgan fingerprint density at radius 1 is 1.09 bits per heavy atom. The number of nitrogens with zero attached hydrogens (tertiary/aromatic N) is 7. The predicted molar refractivity (Wildman–Crippen MR) is 128 cm³/mol. The first-order valence-electron chi connectivity index (χ1n) is 10.6. The van der Waals surface area contributed by atoms with Crippen LogP contribution in [0.25, 0.3) is 16.6 Å². The van der Waals surface area contributed by atoms with Crippen LogP contribution in [-0.2, 0) is 18.4 Å². The molecule has 0 fully saturated rings. The van der Waals surface area contributed by atoms with Crippen LogP contribution in [0, 0.1) is 6.92 Å². The highest BCUT2D eigenvalue weighted by Crippen LogP contribution is 2.18. The van der Waals surface area contributed by atoms with E-state index in [0.29, 0.717) is 18.0 Å². The van der Waals surface area contributed by atoms with Crippen molar-refractivity contribution >= 4 is 22.5 Å². The topological polar surface area (TPSA) is 99.5 Å². The number of pyridine rings is 1. The number of hydrogen-bond donors (Lipinski definition) is 0. The van der Waals surface area contributed by atoms with Crippen molar-refractivity contribution in [2.24, 2.45) is 17.3 Å². The number of fused-ring (bicyclic) bond motifs is 1. The number of ether oxygens (including phenoxy) is 1. The molecule has 2 heterocycles. The number of benzene rings is 2. The Morgan fingerprint density at radius 2 is 1.91 bits per heavy atom. The second-order valence-corrected chi connectivity index (χ2v) is 7.61. The van der Waals surface area contributed by atoms with Crippen molar-refractivity contribution in [2.75, 3.05) is 0 Å². The summed E-state index contributed by atoms with van der Waals surface area (Å²) in [6.45, 7) is 6.03. The third kappa shape index (κ3) is 4.72. The van der Waals surface area contributed by atoms with E-state index in [1.54, 1.807) is 13.2 Å². The Bertz CT molecular complexity index is 1420. The van der Waals surface area contributed by atoms with Gasteiger partial charge in [0.15, 0.2) is 0 Å². The van der Waals surface area contributed by atoms with Crippen LogP contribution in [0.2, 0.25) is 0 Å². The van der Waals surface area contributed by atoms with Gasteiger partial charge in [-0.25, -0.2) is 4.79 Å². The summed E-state index contributed by atoms with van der Waals surface area (Å²) in [4.78, 5) is 16.8. The largest absolute Gasteiger partial charge is 0.475 e. The second kappa shape index (κ2) is 9.56. The van der Waals surface area contributed by atoms with Crippen LogP contribution in [0.5, 0.6) is 0 Å². The molecule has 9 nitrogen and oxygen atoms in total. The molecule has 4 rings (SSSR count). The van der Waals surface area contributed by atoms with Gasteiger partial charge in [-0.1, -0.05) is 37.3 Å². The first-order valence-corrected chi connectivity index (χ1v) is 10.6. The van der Waals surface area contributed by atoms with Crippen LogP contribution in [0.15, 0.2) is 69.7 Å². The molecule has 0 N–H and O–H groups in total. The molecule has 0 unspecified atom stereocenters. The molecule has 0 radical (unpaired) electrons. The summed E-state index contributed by atoms with van der Waals surface area (Å²) in [6.07, 6.45) is 2.36. The normalized spacial score (nSPS) is 12.4. The number of tetrazole rings is 1. The van der Waals surface area contributed by atoms with E-state index in [0.717, 1.165) is 33.3 Å². The molecule has 168 valence electrons. The zero-order valence-corrected chi connectivity index (χ0v) is 19.1. The molecule has 2 aromatic carbocycles. The highest BCUT2D eigenvalue weighted by Gasteiger charge is 2.14. The summed E-state index contributed by atoms with van der Waals surface area (Å²) in [7, 11) is 1.56. The van der Waals surface area contributed by atoms with Gasteiger partial charge >= 0.3 is 5.69 Å². The number of rotatable bonds is 6. The average molecular weight is 444 g/mol. The van der Waals surface area contributed by atoms with Crippen molar-refractivity contribution < 1.29 is 4.74 Å². The molecule has 0 aliphatic heterocycles. The summed E-state index contributed by atoms with van der Waals surface area (Å²) in [5, 5.41) is 17.5. The van der Waals surface area contributed by atoms with E-state index >= 15 is 0 Å². The van der Waals surface area contributed by atoms with Crippen molar-refractivity contribution in [1.29, 1.82) is 0 Å². The van der Waals surface area contributed by atoms with Crippen molar-refractivity contribution in [3.05, 3.63) is 81.9 Å². The number of para-hydroxylation sites is 1. The Kier molecular flexibility index (Phi) is 6.39. The lowest BCUT2D eigenvalue weighted by Crippen LogP contribution is -2.23. The lowest BCUT2D eigenvalue weighted by atomic mass is 10.1. The number of aryl methyl sites for hydroxylation is 2. The Hall–Kier alpha value is -4.14. The van der Waals surface area contributed by atoms with E-state index in [9.17, 15) is 4.79 Å². The highest BCUT2D eigenvalue weighted by atomic mass is 16.5. The van der Waals surface area contributed by atoms with Gasteiger partial charge in [-0.15, -0.1) is 5.10 Å². The molecule has 2 aromatic heterocycles. The van der Waals surface area contributed by atoms with Crippen LogP contribution in [-0.4, -0.2) is 36.4 Å². The van der Waals surface area contributed by atoms with Crippen molar-refractivity contribution in [2.45, 2.75) is 33.8 Å². The molecule has 0 atom stereocenters. The van der Waals surface area contributed by atoms with Gasteiger partial charge < -0.3 is 4.74 Å². The second-order valence-electron chi connectivity index (χ2n) is 7.61. The van der Waals surface area contributed by atoms with Crippen LogP contribution < -0.4 is 5.69 Å². The van der Waals surface area contributed by atoms with Crippen molar-refractivity contribution in [3.8, 4) is 5.69 Å². The minimum Gasteiger partial charge on any atom is -0.475 e. The van der Waals surface area contributed by atoms with Gasteiger partial charge in [0, 0.05) is 36.2 Å². The molecular weight excluding hydrogens is 418 g/mol. The Balaban J connectivity index is 1.56. The van der Waals surface area contributed by atoms with Crippen LogP contribution in [0.3, 0.4) is 0 Å². The van der Waals surface area contributed by atoms with Crippen LogP contribution >= 0.6 is 0 Å². The number of hydrogen-bond acceptors (Lipinski definition) is 7. The lowest BCUT2D eigenvalue weighted by Gasteiger charge is -2.13. The third-order valence-corrected chi connectivity index (χ3v) is 5.34. The van der Waals surface area contributed by atoms with Crippen LogP contribution in [0.4, 0.5) is 0 Å². The summed E-state index contributed by atoms with van der Waals surface area (Å²) in [5.74, 6) is 0.490. The van der Waals surface area contributed by atoms with Gasteiger partial charge in [0.25, 0.3) is 0 Å². The molecule has 0 saturated carbocycles. The van der Waals surface area contributed by atoms with Gasteiger partial charge in [0.1, 0.15) is 6.61 Å². The lowest BCUT2D eigenvalue weighted by molar-refractivity contribution is 0.282. The van der Waals surface area contributed by atoms with Gasteiger partial charge in [0.2, 0.25) is 5.90 Å². The Labute approximate surface area is 191 Å². The van der Waals surface area contributed by atoms with Crippen LogP contribution in [0.1, 0.15) is 37.0 Å². The van der Waals surface area contributed by atoms with E-state index in [2.05, 4.69) is 25.6 Å². The number of aromatic nitrogens is 5. The van der Waals surface area contributed by atoms with Gasteiger partial charge in [-0.05, 0) is 48.0 Å². The van der Waals surface area contributed by atoms with E-state index in [4.69, 9.17) is 4.74 Å². The average Bonchev–Trinajstić information content (AvgIpc) is 3.17. The smallest absolute Gasteiger partial charge is 0.368 e. The van der Waals surface area contributed by atoms with Gasteiger partial charge in [0.05, 0.1) is 16.9 Å².